The lowest BCUT2D eigenvalue weighted by Crippen LogP contribution is -2.18. The monoisotopic (exact) mass is 246 g/mol. The Morgan fingerprint density at radius 2 is 2.11 bits per heavy atom. The zero-order chi connectivity index (χ0) is 13.3. The SMILES string of the molecule is CC(C)(C)c1cc(C(=O)O)nn1-c1cccnn1. The average molecular weight is 246 g/mol. The first-order valence-corrected chi connectivity index (χ1v) is 5.51. The summed E-state index contributed by atoms with van der Waals surface area (Å²) in [5.41, 5.74) is 0.545. The first-order chi connectivity index (χ1) is 8.39. The van der Waals surface area contributed by atoms with Gasteiger partial charge in [-0.3, -0.25) is 0 Å². The standard InChI is InChI=1S/C12H14N4O2/c1-12(2,3)9-7-8(11(17)18)15-16(9)10-5-4-6-13-14-10/h4-7H,1-3H3,(H,17,18). The first-order valence-electron chi connectivity index (χ1n) is 5.51. The fraction of sp³-hybridized carbons (Fsp3) is 0.333. The molecule has 0 atom stereocenters. The molecule has 0 fully saturated rings. The van der Waals surface area contributed by atoms with Crippen molar-refractivity contribution < 1.29 is 9.90 Å². The van der Waals surface area contributed by atoms with Crippen molar-refractivity contribution in [3.05, 3.63) is 35.8 Å². The Kier molecular flexibility index (Phi) is 2.86. The third-order valence-electron chi connectivity index (χ3n) is 2.47. The molecule has 6 nitrogen and oxygen atoms in total. The molecule has 0 saturated heterocycles. The highest BCUT2D eigenvalue weighted by Crippen LogP contribution is 2.25. The van der Waals surface area contributed by atoms with Gasteiger partial charge in [-0.05, 0) is 18.2 Å². The summed E-state index contributed by atoms with van der Waals surface area (Å²) >= 11 is 0. The van der Waals surface area contributed by atoms with Gasteiger partial charge in [0.2, 0.25) is 0 Å². The number of nitrogens with zero attached hydrogens (tertiary/aromatic N) is 4. The van der Waals surface area contributed by atoms with E-state index in [4.69, 9.17) is 5.11 Å². The van der Waals surface area contributed by atoms with Crippen molar-refractivity contribution in [3.63, 3.8) is 0 Å². The van der Waals surface area contributed by atoms with Gasteiger partial charge in [-0.1, -0.05) is 20.8 Å². The molecule has 0 aliphatic carbocycles. The van der Waals surface area contributed by atoms with Crippen molar-refractivity contribution in [3.8, 4) is 5.82 Å². The summed E-state index contributed by atoms with van der Waals surface area (Å²) in [6.45, 7) is 5.97. The van der Waals surface area contributed by atoms with Gasteiger partial charge in [0.05, 0.1) is 5.69 Å². The molecule has 94 valence electrons. The maximum atomic E-state index is 11.0. The van der Waals surface area contributed by atoms with Gasteiger partial charge in [0.1, 0.15) is 0 Å². The van der Waals surface area contributed by atoms with Gasteiger partial charge in [-0.15, -0.1) is 5.10 Å². The van der Waals surface area contributed by atoms with Gasteiger partial charge in [0.25, 0.3) is 0 Å². The normalized spacial score (nSPS) is 11.5. The molecule has 0 radical (unpaired) electrons. The van der Waals surface area contributed by atoms with Gasteiger partial charge in [0.15, 0.2) is 11.5 Å². The van der Waals surface area contributed by atoms with E-state index >= 15 is 0 Å². The smallest absolute Gasteiger partial charge is 0.356 e. The maximum absolute atomic E-state index is 11.0. The van der Waals surface area contributed by atoms with E-state index in [1.807, 2.05) is 20.8 Å². The van der Waals surface area contributed by atoms with Crippen molar-refractivity contribution >= 4 is 5.97 Å². The van der Waals surface area contributed by atoms with Gasteiger partial charge < -0.3 is 5.11 Å². The van der Waals surface area contributed by atoms with E-state index in [0.29, 0.717) is 5.82 Å². The van der Waals surface area contributed by atoms with Crippen LogP contribution in [0.15, 0.2) is 24.4 Å². The molecule has 2 heterocycles. The highest BCUT2D eigenvalue weighted by Gasteiger charge is 2.24. The minimum atomic E-state index is -1.05. The van der Waals surface area contributed by atoms with E-state index in [2.05, 4.69) is 15.3 Å². The molecule has 0 amide bonds. The molecule has 0 spiro atoms. The fourth-order valence-corrected chi connectivity index (χ4v) is 1.60. The lowest BCUT2D eigenvalue weighted by molar-refractivity contribution is 0.0690. The van der Waals surface area contributed by atoms with Crippen molar-refractivity contribution in [2.45, 2.75) is 26.2 Å². The number of aromatic nitrogens is 4. The molecule has 0 aliphatic heterocycles. The Bertz CT molecular complexity index is 570. The first kappa shape index (κ1) is 12.2. The number of aromatic carboxylic acids is 1. The Morgan fingerprint density at radius 1 is 1.39 bits per heavy atom. The largest absolute Gasteiger partial charge is 0.476 e. The Labute approximate surface area is 104 Å². The third-order valence-corrected chi connectivity index (χ3v) is 2.47. The molecule has 6 heteroatoms. The molecule has 0 unspecified atom stereocenters. The van der Waals surface area contributed by atoms with Gasteiger partial charge in [-0.25, -0.2) is 9.48 Å². The van der Waals surface area contributed by atoms with Crippen molar-refractivity contribution in [1.29, 1.82) is 0 Å². The zero-order valence-electron chi connectivity index (χ0n) is 10.5. The molecule has 2 rings (SSSR count). The summed E-state index contributed by atoms with van der Waals surface area (Å²) in [4.78, 5) is 11.0. The summed E-state index contributed by atoms with van der Waals surface area (Å²) < 4.78 is 1.52. The predicted molar refractivity (Wildman–Crippen MR) is 64.8 cm³/mol. The van der Waals surface area contributed by atoms with Crippen LogP contribution in [0.25, 0.3) is 5.82 Å². The highest BCUT2D eigenvalue weighted by molar-refractivity contribution is 5.85. The number of hydrogen-bond acceptors (Lipinski definition) is 4. The van der Waals surface area contributed by atoms with Gasteiger partial charge in [-0.2, -0.15) is 10.2 Å². The third kappa shape index (κ3) is 2.22. The van der Waals surface area contributed by atoms with E-state index in [9.17, 15) is 4.79 Å². The second-order valence-electron chi connectivity index (χ2n) is 4.96. The predicted octanol–water partition coefficient (Wildman–Crippen LogP) is 1.66. The van der Waals surface area contributed by atoms with Crippen LogP contribution in [0.2, 0.25) is 0 Å². The number of carboxylic acid groups (broad SMARTS) is 1. The van der Waals surface area contributed by atoms with Crippen LogP contribution < -0.4 is 0 Å². The Morgan fingerprint density at radius 3 is 2.61 bits per heavy atom. The maximum Gasteiger partial charge on any atom is 0.356 e. The molecular formula is C12H14N4O2. The van der Waals surface area contributed by atoms with E-state index in [-0.39, 0.29) is 11.1 Å². The van der Waals surface area contributed by atoms with E-state index in [1.165, 1.54) is 4.68 Å². The van der Waals surface area contributed by atoms with E-state index in [1.54, 1.807) is 24.4 Å². The number of carbonyl (C=O) groups is 1. The van der Waals surface area contributed by atoms with Crippen LogP contribution in [-0.2, 0) is 5.41 Å². The van der Waals surface area contributed by atoms with Crippen LogP contribution >= 0.6 is 0 Å². The van der Waals surface area contributed by atoms with Crippen LogP contribution in [0.3, 0.4) is 0 Å². The number of hydrogen-bond donors (Lipinski definition) is 1. The lowest BCUT2D eigenvalue weighted by Gasteiger charge is -2.19. The van der Waals surface area contributed by atoms with Gasteiger partial charge >= 0.3 is 5.97 Å². The van der Waals surface area contributed by atoms with Crippen molar-refractivity contribution in [2.75, 3.05) is 0 Å². The molecule has 2 aromatic heterocycles. The second kappa shape index (κ2) is 4.21. The van der Waals surface area contributed by atoms with Gasteiger partial charge in [0, 0.05) is 11.6 Å². The Balaban J connectivity index is 2.62. The molecular weight excluding hydrogens is 232 g/mol. The minimum Gasteiger partial charge on any atom is -0.476 e. The number of rotatable bonds is 2. The number of carboxylic acids is 1. The van der Waals surface area contributed by atoms with Crippen LogP contribution in [-0.4, -0.2) is 31.1 Å². The van der Waals surface area contributed by atoms with E-state index < -0.39 is 5.97 Å². The molecule has 2 aromatic rings. The minimum absolute atomic E-state index is 0.00516. The quantitative estimate of drug-likeness (QED) is 0.871. The van der Waals surface area contributed by atoms with Crippen LogP contribution in [0, 0.1) is 0 Å². The van der Waals surface area contributed by atoms with Crippen LogP contribution in [0.5, 0.6) is 0 Å². The molecule has 0 bridgehead atoms. The lowest BCUT2D eigenvalue weighted by atomic mass is 9.92. The van der Waals surface area contributed by atoms with Crippen molar-refractivity contribution in [1.82, 2.24) is 20.0 Å². The topological polar surface area (TPSA) is 80.9 Å². The zero-order valence-corrected chi connectivity index (χ0v) is 10.5. The van der Waals surface area contributed by atoms with E-state index in [0.717, 1.165) is 5.69 Å². The molecule has 0 aromatic carbocycles. The summed E-state index contributed by atoms with van der Waals surface area (Å²) in [5.74, 6) is -0.543. The summed E-state index contributed by atoms with van der Waals surface area (Å²) in [6.07, 6.45) is 1.56. The summed E-state index contributed by atoms with van der Waals surface area (Å²) in [6, 6.07) is 5.04. The Hall–Kier alpha value is -2.24. The summed E-state index contributed by atoms with van der Waals surface area (Å²) in [5, 5.41) is 20.8. The molecule has 18 heavy (non-hydrogen) atoms. The van der Waals surface area contributed by atoms with Crippen molar-refractivity contribution in [2.24, 2.45) is 0 Å². The molecule has 0 aliphatic rings. The van der Waals surface area contributed by atoms with Crippen LogP contribution in [0.1, 0.15) is 37.0 Å². The summed E-state index contributed by atoms with van der Waals surface area (Å²) in [7, 11) is 0. The molecule has 0 saturated carbocycles. The fourth-order valence-electron chi connectivity index (χ4n) is 1.60. The van der Waals surface area contributed by atoms with Crippen LogP contribution in [0.4, 0.5) is 0 Å². The average Bonchev–Trinajstić information content (AvgIpc) is 2.74. The highest BCUT2D eigenvalue weighted by atomic mass is 16.4. The second-order valence-corrected chi connectivity index (χ2v) is 4.96. The molecule has 1 N–H and O–H groups in total.